The topological polar surface area (TPSA) is 154 Å². The Kier molecular flexibility index (Phi) is 5.39. The number of cyclic esters (lactones) is 1. The number of aromatic hydroxyl groups is 2. The fourth-order valence-corrected chi connectivity index (χ4v) is 2.02. The number of phenols is 2. The van der Waals surface area contributed by atoms with Gasteiger partial charge in [-0.1, -0.05) is 6.07 Å². The summed E-state index contributed by atoms with van der Waals surface area (Å²) in [6.45, 7) is -0.564. The van der Waals surface area contributed by atoms with E-state index in [1.165, 1.54) is 24.3 Å². The molecule has 1 saturated heterocycles. The predicted molar refractivity (Wildman–Crippen MR) is 77.7 cm³/mol. The lowest BCUT2D eigenvalue weighted by atomic mass is 10.1. The summed E-state index contributed by atoms with van der Waals surface area (Å²) < 4.78 is 9.32. The monoisotopic (exact) mass is 340 g/mol. The van der Waals surface area contributed by atoms with Crippen LogP contribution in [0.25, 0.3) is 6.08 Å². The summed E-state index contributed by atoms with van der Waals surface area (Å²) in [6, 6.07) is 3.92. The molecule has 9 nitrogen and oxygen atoms in total. The number of aliphatic hydroxyl groups is 3. The van der Waals surface area contributed by atoms with E-state index in [1.54, 1.807) is 0 Å². The van der Waals surface area contributed by atoms with E-state index in [9.17, 15) is 30.0 Å². The molecule has 24 heavy (non-hydrogen) atoms. The molecule has 0 saturated carbocycles. The second-order valence-electron chi connectivity index (χ2n) is 5.12. The van der Waals surface area contributed by atoms with Gasteiger partial charge in [-0.3, -0.25) is 0 Å². The highest BCUT2D eigenvalue weighted by atomic mass is 16.6. The molecule has 1 fully saturated rings. The molecular weight excluding hydrogens is 324 g/mol. The third-order valence-electron chi connectivity index (χ3n) is 3.34. The van der Waals surface area contributed by atoms with Gasteiger partial charge in [0, 0.05) is 6.08 Å². The Balaban J connectivity index is 1.85. The van der Waals surface area contributed by atoms with Crippen LogP contribution in [0.5, 0.6) is 11.5 Å². The van der Waals surface area contributed by atoms with Crippen LogP contribution in [0.3, 0.4) is 0 Å². The number of hydrogen-bond acceptors (Lipinski definition) is 9. The molecule has 9 heteroatoms. The van der Waals surface area contributed by atoms with E-state index in [0.717, 1.165) is 6.08 Å². The van der Waals surface area contributed by atoms with Crippen molar-refractivity contribution in [3.8, 4) is 11.5 Å². The summed E-state index contributed by atoms with van der Waals surface area (Å²) in [7, 11) is 0. The van der Waals surface area contributed by atoms with Crippen LogP contribution in [0.4, 0.5) is 0 Å². The minimum Gasteiger partial charge on any atom is -0.504 e. The first-order valence-electron chi connectivity index (χ1n) is 6.91. The van der Waals surface area contributed by atoms with Crippen LogP contribution in [0.15, 0.2) is 24.3 Å². The molecule has 1 heterocycles. The molecule has 1 aromatic rings. The van der Waals surface area contributed by atoms with E-state index >= 15 is 0 Å². The Hall–Kier alpha value is -2.62. The Bertz CT molecular complexity index is 654. The molecule has 0 aliphatic carbocycles. The first-order chi connectivity index (χ1) is 11.3. The van der Waals surface area contributed by atoms with Crippen LogP contribution >= 0.6 is 0 Å². The van der Waals surface area contributed by atoms with Crippen LogP contribution in [-0.4, -0.2) is 68.5 Å². The van der Waals surface area contributed by atoms with Gasteiger partial charge >= 0.3 is 11.9 Å². The largest absolute Gasteiger partial charge is 0.504 e. The Labute approximate surface area is 136 Å². The van der Waals surface area contributed by atoms with Crippen molar-refractivity contribution < 1.29 is 44.6 Å². The minimum atomic E-state index is -1.75. The van der Waals surface area contributed by atoms with E-state index in [-0.39, 0.29) is 11.5 Å². The number of carbonyl (C=O) groups is 2. The third-order valence-corrected chi connectivity index (χ3v) is 3.34. The zero-order valence-corrected chi connectivity index (χ0v) is 12.3. The van der Waals surface area contributed by atoms with Gasteiger partial charge in [0.15, 0.2) is 23.7 Å². The van der Waals surface area contributed by atoms with E-state index in [2.05, 4.69) is 4.74 Å². The molecule has 0 unspecified atom stereocenters. The van der Waals surface area contributed by atoms with Gasteiger partial charge in [-0.2, -0.15) is 0 Å². The summed E-state index contributed by atoms with van der Waals surface area (Å²) in [5.41, 5.74) is 0.422. The fourth-order valence-electron chi connectivity index (χ4n) is 2.02. The van der Waals surface area contributed by atoms with Crippen LogP contribution in [0.1, 0.15) is 5.56 Å². The third kappa shape index (κ3) is 4.02. The lowest BCUT2D eigenvalue weighted by Gasteiger charge is -2.19. The van der Waals surface area contributed by atoms with Crippen LogP contribution in [0, 0.1) is 0 Å². The molecule has 5 N–H and O–H groups in total. The molecule has 1 aromatic carbocycles. The maximum Gasteiger partial charge on any atom is 0.338 e. The molecule has 4 atom stereocenters. The number of benzene rings is 1. The summed E-state index contributed by atoms with van der Waals surface area (Å²) >= 11 is 0. The second-order valence-corrected chi connectivity index (χ2v) is 5.12. The molecule has 1 aliphatic rings. The van der Waals surface area contributed by atoms with Crippen molar-refractivity contribution in [1.82, 2.24) is 0 Å². The first-order valence-corrected chi connectivity index (χ1v) is 6.91. The maximum atomic E-state index is 11.5. The summed E-state index contributed by atoms with van der Waals surface area (Å²) in [4.78, 5) is 22.6. The van der Waals surface area contributed by atoms with E-state index in [4.69, 9.17) is 9.84 Å². The molecule has 0 amide bonds. The Morgan fingerprint density at radius 1 is 1.29 bits per heavy atom. The number of ether oxygens (including phenoxy) is 2. The summed E-state index contributed by atoms with van der Waals surface area (Å²) in [6.07, 6.45) is -3.93. The first kappa shape index (κ1) is 17.7. The van der Waals surface area contributed by atoms with Crippen molar-refractivity contribution in [3.05, 3.63) is 29.8 Å². The van der Waals surface area contributed by atoms with Gasteiger partial charge in [0.1, 0.15) is 18.8 Å². The number of esters is 2. The predicted octanol–water partition coefficient (Wildman–Crippen LogP) is -1.34. The number of rotatable bonds is 5. The van der Waals surface area contributed by atoms with Crippen molar-refractivity contribution in [1.29, 1.82) is 0 Å². The van der Waals surface area contributed by atoms with Gasteiger partial charge in [0.2, 0.25) is 0 Å². The smallest absolute Gasteiger partial charge is 0.338 e. The van der Waals surface area contributed by atoms with Crippen molar-refractivity contribution in [2.24, 2.45) is 0 Å². The molecule has 1 aliphatic heterocycles. The number of hydrogen-bond donors (Lipinski definition) is 5. The van der Waals surface area contributed by atoms with Gasteiger partial charge < -0.3 is 35.0 Å². The highest BCUT2D eigenvalue weighted by Crippen LogP contribution is 2.25. The van der Waals surface area contributed by atoms with Crippen molar-refractivity contribution in [2.45, 2.75) is 24.4 Å². The highest BCUT2D eigenvalue weighted by molar-refractivity contribution is 5.87. The molecule has 0 bridgehead atoms. The SMILES string of the molecule is O=C(/C=C/c1ccc(O)c(O)c1)OC[C@H](O)[C@H]1OC(=O)[C@H](O)[C@H]1O. The van der Waals surface area contributed by atoms with Gasteiger partial charge in [-0.15, -0.1) is 0 Å². The van der Waals surface area contributed by atoms with Crippen LogP contribution in [-0.2, 0) is 19.1 Å². The van der Waals surface area contributed by atoms with Crippen molar-refractivity contribution >= 4 is 18.0 Å². The number of phenolic OH excluding ortho intramolecular Hbond substituents is 2. The molecular formula is C15H16O9. The quantitative estimate of drug-likeness (QED) is 0.249. The molecule has 0 aromatic heterocycles. The molecule has 2 rings (SSSR count). The molecule has 0 spiro atoms. The normalized spacial score (nSPS) is 24.8. The zero-order chi connectivity index (χ0) is 17.9. The van der Waals surface area contributed by atoms with Gasteiger partial charge in [0.25, 0.3) is 0 Å². The van der Waals surface area contributed by atoms with Gasteiger partial charge in [0.05, 0.1) is 0 Å². The average Bonchev–Trinajstić information content (AvgIpc) is 2.81. The zero-order valence-electron chi connectivity index (χ0n) is 12.3. The lowest BCUT2D eigenvalue weighted by Crippen LogP contribution is -2.41. The Morgan fingerprint density at radius 2 is 2.00 bits per heavy atom. The van der Waals surface area contributed by atoms with Gasteiger partial charge in [-0.05, 0) is 23.8 Å². The summed E-state index contributed by atoms with van der Waals surface area (Å²) in [5, 5.41) is 47.0. The maximum absolute atomic E-state index is 11.5. The second kappa shape index (κ2) is 7.30. The van der Waals surface area contributed by atoms with Crippen molar-refractivity contribution in [3.63, 3.8) is 0 Å². The van der Waals surface area contributed by atoms with Crippen LogP contribution in [0.2, 0.25) is 0 Å². The van der Waals surface area contributed by atoms with Crippen LogP contribution < -0.4 is 0 Å². The number of carbonyl (C=O) groups excluding carboxylic acids is 2. The summed E-state index contributed by atoms with van der Waals surface area (Å²) in [5.74, 6) is -2.55. The lowest BCUT2D eigenvalue weighted by molar-refractivity contribution is -0.154. The number of aliphatic hydroxyl groups excluding tert-OH is 3. The molecule has 130 valence electrons. The van der Waals surface area contributed by atoms with Crippen molar-refractivity contribution in [2.75, 3.05) is 6.61 Å². The van der Waals surface area contributed by atoms with E-state index in [1.807, 2.05) is 0 Å². The standard InChI is InChI=1S/C15H16O9/c16-8-3-1-7(5-9(8)17)2-4-11(19)23-6-10(18)14-12(20)13(21)15(22)24-14/h1-5,10,12-14,16-18,20-21H,6H2/b4-2+/t10-,12+,13+,14+/m0/s1. The molecule has 0 radical (unpaired) electrons. The fraction of sp³-hybridized carbons (Fsp3) is 0.333. The highest BCUT2D eigenvalue weighted by Gasteiger charge is 2.46. The Morgan fingerprint density at radius 3 is 2.58 bits per heavy atom. The average molecular weight is 340 g/mol. The van der Waals surface area contributed by atoms with E-state index < -0.39 is 43.0 Å². The van der Waals surface area contributed by atoms with Gasteiger partial charge in [-0.25, -0.2) is 9.59 Å². The van der Waals surface area contributed by atoms with E-state index in [0.29, 0.717) is 5.56 Å². The minimum absolute atomic E-state index is 0.301.